The second-order valence-electron chi connectivity index (χ2n) is 22.9. The van der Waals surface area contributed by atoms with Gasteiger partial charge in [0, 0.05) is 31.2 Å². The number of nitrogens with zero attached hydrogens (tertiary/aromatic N) is 2. The van der Waals surface area contributed by atoms with Crippen molar-refractivity contribution in [2.75, 3.05) is 40.3 Å². The number of likely N-dealkylation sites (tertiary alicyclic amines) is 2. The van der Waals surface area contributed by atoms with Gasteiger partial charge < -0.3 is 51.8 Å². The number of rotatable bonds is 20. The van der Waals surface area contributed by atoms with Crippen LogP contribution in [0.1, 0.15) is 166 Å². The van der Waals surface area contributed by atoms with E-state index in [4.69, 9.17) is 4.74 Å². The van der Waals surface area contributed by atoms with Gasteiger partial charge in [-0.25, -0.2) is 4.79 Å². The van der Waals surface area contributed by atoms with Crippen LogP contribution in [0.2, 0.25) is 0 Å². The highest BCUT2D eigenvalue weighted by Crippen LogP contribution is 2.31. The number of likely N-dealkylation sites (N-methyl/N-ethyl adjacent to an activating group) is 2. The average molecular weight is 1010 g/mol. The van der Waals surface area contributed by atoms with E-state index in [1.807, 2.05) is 41.5 Å². The van der Waals surface area contributed by atoms with Crippen molar-refractivity contribution in [2.24, 2.45) is 22.7 Å². The summed E-state index contributed by atoms with van der Waals surface area (Å²) >= 11 is 0. The number of benzene rings is 1. The monoisotopic (exact) mass is 1010 g/mol. The molecule has 5 rings (SSSR count). The van der Waals surface area contributed by atoms with E-state index >= 15 is 0 Å². The van der Waals surface area contributed by atoms with E-state index < -0.39 is 71.0 Å². The standard InChI is InChI=1S/C54H87N9O9/c1-33(55-9)45(64)60-43(53(3,4)5)50(69)62-28-18-26-41(62)48(67)58-39(35-20-13-11-14-21-35)31-57-47(66)37-24-17-25-38(30-37)52(71)72-32-40(36-22-15-12-16-23-36)59-49(68)42-27-19-29-63(42)51(70)44(54(6,7)8)61-46(65)34(2)56-10/h17,24-25,30,33-36,39-44,55-56H,11-16,18-23,26-29,31-32H2,1-10H3,(H,57,66)(H,58,67)(H,59,68)(H,60,64)(H,61,65)/t33-,34-,39+,40+,41-,42-,43+,44+/m0/s1. The van der Waals surface area contributed by atoms with Crippen LogP contribution in [0, 0.1) is 22.7 Å². The van der Waals surface area contributed by atoms with Gasteiger partial charge in [0.1, 0.15) is 30.8 Å². The molecule has 2 aliphatic heterocycles. The highest BCUT2D eigenvalue weighted by molar-refractivity contribution is 5.98. The summed E-state index contributed by atoms with van der Waals surface area (Å²) in [4.78, 5) is 113. The van der Waals surface area contributed by atoms with E-state index in [0.717, 1.165) is 64.2 Å². The first-order valence-electron chi connectivity index (χ1n) is 26.8. The van der Waals surface area contributed by atoms with Crippen LogP contribution in [-0.2, 0) is 33.5 Å². The molecule has 4 aliphatic rings. The van der Waals surface area contributed by atoms with Crippen molar-refractivity contribution in [1.29, 1.82) is 0 Å². The largest absolute Gasteiger partial charge is 0.460 e. The van der Waals surface area contributed by atoms with Crippen molar-refractivity contribution in [2.45, 2.75) is 194 Å². The molecule has 0 bridgehead atoms. The Bertz CT molecular complexity index is 1920. The third-order valence-corrected chi connectivity index (χ3v) is 15.5. The first-order chi connectivity index (χ1) is 34.0. The number of carbonyl (C=O) groups excluding carboxylic acids is 8. The van der Waals surface area contributed by atoms with E-state index in [1.54, 1.807) is 55.9 Å². The molecule has 0 radical (unpaired) electrons. The molecular weight excluding hydrogens is 919 g/mol. The Morgan fingerprint density at radius 3 is 1.46 bits per heavy atom. The quantitative estimate of drug-likeness (QED) is 0.0924. The fraction of sp³-hybridized carbons (Fsp3) is 0.741. The molecule has 18 nitrogen and oxygen atoms in total. The first-order valence-corrected chi connectivity index (χ1v) is 26.8. The van der Waals surface area contributed by atoms with Gasteiger partial charge in [-0.05, 0) is 120 Å². The van der Waals surface area contributed by atoms with E-state index in [1.165, 1.54) is 6.07 Å². The first kappa shape index (κ1) is 57.8. The van der Waals surface area contributed by atoms with Crippen LogP contribution in [0.5, 0.6) is 0 Å². The Morgan fingerprint density at radius 2 is 1.01 bits per heavy atom. The van der Waals surface area contributed by atoms with Gasteiger partial charge in [0.15, 0.2) is 0 Å². The zero-order valence-corrected chi connectivity index (χ0v) is 44.9. The lowest BCUT2D eigenvalue weighted by molar-refractivity contribution is -0.144. The number of hydrogen-bond acceptors (Lipinski definition) is 11. The summed E-state index contributed by atoms with van der Waals surface area (Å²) in [5.74, 6) is -2.74. The minimum atomic E-state index is -0.851. The molecule has 7 amide bonds. The maximum absolute atomic E-state index is 14.2. The molecule has 0 unspecified atom stereocenters. The van der Waals surface area contributed by atoms with Crippen molar-refractivity contribution < 1.29 is 43.1 Å². The topological polar surface area (TPSA) is 236 Å². The van der Waals surface area contributed by atoms with Gasteiger partial charge in [-0.15, -0.1) is 0 Å². The van der Waals surface area contributed by atoms with Crippen molar-refractivity contribution in [3.8, 4) is 0 Å². The summed E-state index contributed by atoms with van der Waals surface area (Å²) in [7, 11) is 3.35. The Kier molecular flexibility index (Phi) is 21.0. The highest BCUT2D eigenvalue weighted by atomic mass is 16.5. The summed E-state index contributed by atoms with van der Waals surface area (Å²) in [6, 6.07) is 1.19. The Balaban J connectivity index is 1.23. The number of carbonyl (C=O) groups is 8. The molecule has 4 fully saturated rings. The maximum atomic E-state index is 14.2. The molecule has 1 aromatic rings. The number of hydrogen-bond donors (Lipinski definition) is 7. The number of nitrogens with one attached hydrogen (secondary N) is 7. The molecule has 18 heteroatoms. The molecule has 0 spiro atoms. The minimum absolute atomic E-state index is 0.0537. The molecule has 2 saturated heterocycles. The van der Waals surface area contributed by atoms with Gasteiger partial charge in [-0.3, -0.25) is 33.6 Å². The predicted molar refractivity (Wildman–Crippen MR) is 275 cm³/mol. The van der Waals surface area contributed by atoms with Gasteiger partial charge in [0.2, 0.25) is 35.4 Å². The highest BCUT2D eigenvalue weighted by Gasteiger charge is 2.45. The van der Waals surface area contributed by atoms with Gasteiger partial charge >= 0.3 is 5.97 Å². The lowest BCUT2D eigenvalue weighted by Gasteiger charge is -2.37. The zero-order chi connectivity index (χ0) is 52.9. The Labute approximate surface area is 428 Å². The van der Waals surface area contributed by atoms with E-state index in [0.29, 0.717) is 38.8 Å². The molecule has 2 heterocycles. The van der Waals surface area contributed by atoms with Crippen molar-refractivity contribution >= 4 is 47.3 Å². The van der Waals surface area contributed by atoms with Crippen LogP contribution in [0.4, 0.5) is 0 Å². The zero-order valence-electron chi connectivity index (χ0n) is 44.9. The third kappa shape index (κ3) is 15.5. The van der Waals surface area contributed by atoms with E-state index in [9.17, 15) is 38.4 Å². The van der Waals surface area contributed by atoms with Crippen LogP contribution >= 0.6 is 0 Å². The SMILES string of the molecule is CN[C@@H](C)C(=O)N[C@H](C(=O)N1CCC[C@H]1C(=O)N[C@H](CNC(=O)c1cccc(C(=O)OC[C@@H](NC(=O)[C@@H]2CCCN2C(=O)[C@@H](NC(=O)[C@H](C)NC)C(C)(C)C)C2CCCCC2)c1)C1CCCCC1)C(C)(C)C. The van der Waals surface area contributed by atoms with Gasteiger partial charge in [0.05, 0.1) is 23.7 Å². The van der Waals surface area contributed by atoms with Crippen LogP contribution < -0.4 is 37.2 Å². The third-order valence-electron chi connectivity index (χ3n) is 15.5. The summed E-state index contributed by atoms with van der Waals surface area (Å²) in [6.07, 6.45) is 11.8. The maximum Gasteiger partial charge on any atom is 0.338 e. The van der Waals surface area contributed by atoms with Crippen molar-refractivity contribution in [1.82, 2.24) is 47.0 Å². The van der Waals surface area contributed by atoms with Gasteiger partial charge in [0.25, 0.3) is 5.91 Å². The average Bonchev–Trinajstić information content (AvgIpc) is 4.08. The second kappa shape index (κ2) is 26.2. The fourth-order valence-electron chi connectivity index (χ4n) is 10.6. The Morgan fingerprint density at radius 1 is 0.583 bits per heavy atom. The van der Waals surface area contributed by atoms with Crippen LogP contribution in [0.25, 0.3) is 0 Å². The normalized spacial score (nSPS) is 21.6. The van der Waals surface area contributed by atoms with E-state index in [-0.39, 0.29) is 71.6 Å². The number of ether oxygens (including phenoxy) is 1. The minimum Gasteiger partial charge on any atom is -0.460 e. The smallest absolute Gasteiger partial charge is 0.338 e. The van der Waals surface area contributed by atoms with Gasteiger partial charge in [-0.2, -0.15) is 0 Å². The lowest BCUT2D eigenvalue weighted by Crippen LogP contribution is -2.60. The summed E-state index contributed by atoms with van der Waals surface area (Å²) in [5.41, 5.74) is -0.834. The summed E-state index contributed by atoms with van der Waals surface area (Å²) < 4.78 is 5.92. The molecule has 402 valence electrons. The van der Waals surface area contributed by atoms with Crippen molar-refractivity contribution in [3.63, 3.8) is 0 Å². The molecule has 72 heavy (non-hydrogen) atoms. The number of esters is 1. The Hall–Kier alpha value is -5.10. The summed E-state index contributed by atoms with van der Waals surface area (Å²) in [6.45, 7) is 15.6. The van der Waals surface area contributed by atoms with Crippen LogP contribution in [0.3, 0.4) is 0 Å². The molecule has 7 N–H and O–H groups in total. The predicted octanol–water partition coefficient (Wildman–Crippen LogP) is 3.96. The molecular formula is C54H87N9O9. The molecule has 2 saturated carbocycles. The van der Waals surface area contributed by atoms with Crippen LogP contribution in [0.15, 0.2) is 24.3 Å². The molecule has 2 aliphatic carbocycles. The van der Waals surface area contributed by atoms with E-state index in [2.05, 4.69) is 37.2 Å². The van der Waals surface area contributed by atoms with Crippen molar-refractivity contribution in [3.05, 3.63) is 35.4 Å². The second-order valence-corrected chi connectivity index (χ2v) is 22.9. The fourth-order valence-corrected chi connectivity index (χ4v) is 10.6. The van der Waals surface area contributed by atoms with Crippen LogP contribution in [-0.4, -0.2) is 146 Å². The molecule has 8 atom stereocenters. The summed E-state index contributed by atoms with van der Waals surface area (Å²) in [5, 5.41) is 21.1. The molecule has 1 aromatic carbocycles. The number of amides is 7. The molecule has 0 aromatic heterocycles. The van der Waals surface area contributed by atoms with Gasteiger partial charge in [-0.1, -0.05) is 86.1 Å². The lowest BCUT2D eigenvalue weighted by atomic mass is 9.83.